The molecule has 0 aliphatic rings. The predicted octanol–water partition coefficient (Wildman–Crippen LogP) is 3.91. The average Bonchev–Trinajstić information content (AvgIpc) is 2.91. The van der Waals surface area contributed by atoms with Crippen LogP contribution in [0.2, 0.25) is 0 Å². The smallest absolute Gasteiger partial charge is 0.365 e. The van der Waals surface area contributed by atoms with E-state index in [1.807, 2.05) is 19.9 Å². The van der Waals surface area contributed by atoms with E-state index in [-0.39, 0.29) is 6.54 Å². The highest BCUT2D eigenvalue weighted by molar-refractivity contribution is 5.38. The summed E-state index contributed by atoms with van der Waals surface area (Å²) in [6.45, 7) is 4.03. The van der Waals surface area contributed by atoms with Crippen LogP contribution in [0.25, 0.3) is 5.82 Å². The molecule has 0 saturated carbocycles. The molecule has 5 nitrogen and oxygen atoms in total. The highest BCUT2D eigenvalue weighted by Gasteiger charge is 2.30. The second-order valence-electron chi connectivity index (χ2n) is 5.67. The van der Waals surface area contributed by atoms with Crippen molar-refractivity contribution in [3.05, 3.63) is 65.0 Å². The van der Waals surface area contributed by atoms with Crippen molar-refractivity contribution in [3.63, 3.8) is 0 Å². The highest BCUT2D eigenvalue weighted by Crippen LogP contribution is 2.29. The quantitative estimate of drug-likeness (QED) is 0.777. The molecular weight excluding hydrogens is 331 g/mol. The molecule has 0 spiro atoms. The van der Waals surface area contributed by atoms with E-state index in [0.29, 0.717) is 17.2 Å². The van der Waals surface area contributed by atoms with Gasteiger partial charge in [-0.2, -0.15) is 18.3 Å². The molecule has 0 unspecified atom stereocenters. The number of alkyl halides is 3. The van der Waals surface area contributed by atoms with Crippen molar-refractivity contribution < 1.29 is 13.2 Å². The first-order valence-electron chi connectivity index (χ1n) is 7.60. The van der Waals surface area contributed by atoms with Crippen LogP contribution in [0.5, 0.6) is 0 Å². The van der Waals surface area contributed by atoms with E-state index in [2.05, 4.69) is 20.6 Å². The summed E-state index contributed by atoms with van der Waals surface area (Å²) in [4.78, 5) is 0. The molecule has 8 heteroatoms. The number of rotatable bonds is 4. The zero-order valence-electron chi connectivity index (χ0n) is 13.7. The van der Waals surface area contributed by atoms with Gasteiger partial charge in [-0.05, 0) is 49.7 Å². The SMILES string of the molecule is Cc1cc(C)n(-c2ccc(NCc3cccc(C(F)(F)F)c3)nn2)n1. The molecule has 130 valence electrons. The second kappa shape index (κ2) is 6.54. The fraction of sp³-hybridized carbons (Fsp3) is 0.235. The molecule has 1 aromatic carbocycles. The van der Waals surface area contributed by atoms with Gasteiger partial charge in [0, 0.05) is 12.2 Å². The van der Waals surface area contributed by atoms with Gasteiger partial charge in [0.1, 0.15) is 5.82 Å². The van der Waals surface area contributed by atoms with Gasteiger partial charge >= 0.3 is 6.18 Å². The Morgan fingerprint density at radius 3 is 2.44 bits per heavy atom. The molecule has 0 aliphatic carbocycles. The van der Waals surface area contributed by atoms with Gasteiger partial charge in [-0.15, -0.1) is 10.2 Å². The first kappa shape index (κ1) is 16.9. The molecule has 2 heterocycles. The van der Waals surface area contributed by atoms with Crippen LogP contribution in [0, 0.1) is 13.8 Å². The van der Waals surface area contributed by atoms with E-state index in [0.717, 1.165) is 23.5 Å². The maximum absolute atomic E-state index is 12.7. The first-order valence-corrected chi connectivity index (χ1v) is 7.60. The lowest BCUT2D eigenvalue weighted by Gasteiger charge is -2.10. The standard InChI is InChI=1S/C17H16F3N5/c1-11-8-12(2)25(24-11)16-7-6-15(22-23-16)21-10-13-4-3-5-14(9-13)17(18,19)20/h3-9H,10H2,1-2H3,(H,21,22). The van der Waals surface area contributed by atoms with E-state index in [9.17, 15) is 13.2 Å². The molecule has 2 aromatic heterocycles. The van der Waals surface area contributed by atoms with Crippen molar-refractivity contribution in [1.82, 2.24) is 20.0 Å². The lowest BCUT2D eigenvalue weighted by molar-refractivity contribution is -0.137. The van der Waals surface area contributed by atoms with Crippen LogP contribution >= 0.6 is 0 Å². The Labute approximate surface area is 142 Å². The van der Waals surface area contributed by atoms with Crippen LogP contribution in [0.4, 0.5) is 19.0 Å². The fourth-order valence-electron chi connectivity index (χ4n) is 2.44. The van der Waals surface area contributed by atoms with Gasteiger partial charge in [-0.1, -0.05) is 12.1 Å². The maximum Gasteiger partial charge on any atom is 0.416 e. The van der Waals surface area contributed by atoms with Crippen molar-refractivity contribution in [2.45, 2.75) is 26.6 Å². The van der Waals surface area contributed by atoms with E-state index in [1.54, 1.807) is 22.9 Å². The third kappa shape index (κ3) is 3.96. The van der Waals surface area contributed by atoms with Crippen molar-refractivity contribution in [2.75, 3.05) is 5.32 Å². The zero-order valence-corrected chi connectivity index (χ0v) is 13.7. The molecule has 0 radical (unpaired) electrons. The van der Waals surface area contributed by atoms with Crippen LogP contribution in [-0.4, -0.2) is 20.0 Å². The van der Waals surface area contributed by atoms with Crippen molar-refractivity contribution in [3.8, 4) is 5.82 Å². The average molecular weight is 347 g/mol. The molecule has 3 rings (SSSR count). The first-order chi connectivity index (χ1) is 11.8. The van der Waals surface area contributed by atoms with Crippen molar-refractivity contribution in [1.29, 1.82) is 0 Å². The molecule has 0 bridgehead atoms. The number of nitrogens with zero attached hydrogens (tertiary/aromatic N) is 4. The lowest BCUT2D eigenvalue weighted by atomic mass is 10.1. The molecule has 25 heavy (non-hydrogen) atoms. The highest BCUT2D eigenvalue weighted by atomic mass is 19.4. The number of halogens is 3. The summed E-state index contributed by atoms with van der Waals surface area (Å²) >= 11 is 0. The van der Waals surface area contributed by atoms with E-state index in [4.69, 9.17) is 0 Å². The molecule has 3 aromatic rings. The Kier molecular flexibility index (Phi) is 4.43. The van der Waals surface area contributed by atoms with E-state index < -0.39 is 11.7 Å². The summed E-state index contributed by atoms with van der Waals surface area (Å²) in [6.07, 6.45) is -4.35. The molecular formula is C17H16F3N5. The van der Waals surface area contributed by atoms with Gasteiger partial charge in [-0.25, -0.2) is 4.68 Å². The Morgan fingerprint density at radius 2 is 1.84 bits per heavy atom. The molecule has 0 atom stereocenters. The van der Waals surface area contributed by atoms with Gasteiger partial charge in [-0.3, -0.25) is 0 Å². The predicted molar refractivity (Wildman–Crippen MR) is 87.4 cm³/mol. The molecule has 0 aliphatic heterocycles. The van der Waals surface area contributed by atoms with Gasteiger partial charge in [0.2, 0.25) is 0 Å². The van der Waals surface area contributed by atoms with Gasteiger partial charge in [0.05, 0.1) is 11.3 Å². The maximum atomic E-state index is 12.7. The minimum Gasteiger partial charge on any atom is -0.365 e. The number of benzene rings is 1. The van der Waals surface area contributed by atoms with Crippen LogP contribution in [0.15, 0.2) is 42.5 Å². The third-order valence-corrected chi connectivity index (χ3v) is 3.61. The van der Waals surface area contributed by atoms with Gasteiger partial charge < -0.3 is 5.32 Å². The number of hydrogen-bond acceptors (Lipinski definition) is 4. The van der Waals surface area contributed by atoms with Crippen LogP contribution in [0.1, 0.15) is 22.5 Å². The Bertz CT molecular complexity index is 869. The minimum atomic E-state index is -4.35. The normalized spacial score (nSPS) is 11.6. The third-order valence-electron chi connectivity index (χ3n) is 3.61. The summed E-state index contributed by atoms with van der Waals surface area (Å²) in [5, 5.41) is 15.4. The molecule has 0 saturated heterocycles. The summed E-state index contributed by atoms with van der Waals surface area (Å²) in [5.74, 6) is 1.05. The second-order valence-corrected chi connectivity index (χ2v) is 5.67. The van der Waals surface area contributed by atoms with Crippen LogP contribution in [-0.2, 0) is 12.7 Å². The fourth-order valence-corrected chi connectivity index (χ4v) is 2.44. The van der Waals surface area contributed by atoms with Gasteiger partial charge in [0.25, 0.3) is 0 Å². The van der Waals surface area contributed by atoms with Crippen LogP contribution < -0.4 is 5.32 Å². The zero-order chi connectivity index (χ0) is 18.0. The Morgan fingerprint density at radius 1 is 1.04 bits per heavy atom. The summed E-state index contributed by atoms with van der Waals surface area (Å²) in [5.41, 5.74) is 1.67. The largest absolute Gasteiger partial charge is 0.416 e. The number of aryl methyl sites for hydroxylation is 2. The topological polar surface area (TPSA) is 55.6 Å². The number of anilines is 1. The Balaban J connectivity index is 1.69. The van der Waals surface area contributed by atoms with E-state index >= 15 is 0 Å². The van der Waals surface area contributed by atoms with Gasteiger partial charge in [0.15, 0.2) is 5.82 Å². The number of aromatic nitrogens is 4. The minimum absolute atomic E-state index is 0.220. The van der Waals surface area contributed by atoms with Crippen LogP contribution in [0.3, 0.4) is 0 Å². The summed E-state index contributed by atoms with van der Waals surface area (Å²) < 4.78 is 39.8. The van der Waals surface area contributed by atoms with Crippen molar-refractivity contribution in [2.24, 2.45) is 0 Å². The summed E-state index contributed by atoms with van der Waals surface area (Å²) in [7, 11) is 0. The lowest BCUT2D eigenvalue weighted by Crippen LogP contribution is -2.08. The number of hydrogen-bond donors (Lipinski definition) is 1. The van der Waals surface area contributed by atoms with Crippen molar-refractivity contribution >= 4 is 5.82 Å². The Hall–Kier alpha value is -2.90. The molecule has 0 amide bonds. The monoisotopic (exact) mass is 347 g/mol. The molecule has 0 fully saturated rings. The summed E-state index contributed by atoms with van der Waals surface area (Å²) in [6, 6.07) is 10.6. The van der Waals surface area contributed by atoms with E-state index in [1.165, 1.54) is 6.07 Å². The number of nitrogens with one attached hydrogen (secondary N) is 1. The molecule has 1 N–H and O–H groups in total.